The minimum Gasteiger partial charge on any atom is -0.214 e. The smallest absolute Gasteiger partial charge is 0.172 e. The van der Waals surface area contributed by atoms with Gasteiger partial charge in [-0.3, -0.25) is 0 Å². The van der Waals surface area contributed by atoms with Gasteiger partial charge in [-0.1, -0.05) is 71.6 Å². The third-order valence-corrected chi connectivity index (χ3v) is 7.32. The molecule has 0 saturated carbocycles. The van der Waals surface area contributed by atoms with E-state index in [-0.39, 0.29) is 35.6 Å². The first-order valence-electron chi connectivity index (χ1n) is 13.3. The fourth-order valence-electron chi connectivity index (χ4n) is 5.08. The molecule has 0 radical (unpaired) electrons. The minimum atomic E-state index is 0. The average Bonchev–Trinajstić information content (AvgIpc) is 3.49. The number of hydrogen-bond donors (Lipinski definition) is 0. The Balaban J connectivity index is 0.000000392. The quantitative estimate of drug-likeness (QED) is 0.261. The topological polar surface area (TPSA) is 0 Å². The van der Waals surface area contributed by atoms with Gasteiger partial charge in [0.05, 0.1) is 0 Å². The largest absolute Gasteiger partial charge is 0.214 e. The van der Waals surface area contributed by atoms with Crippen molar-refractivity contribution in [1.29, 1.82) is 0 Å². The number of benzene rings is 3. The summed E-state index contributed by atoms with van der Waals surface area (Å²) in [7, 11) is 0. The van der Waals surface area contributed by atoms with E-state index >= 15 is 0 Å². The van der Waals surface area contributed by atoms with Crippen LogP contribution in [0.2, 0.25) is 0 Å². The predicted molar refractivity (Wildman–Crippen MR) is 159 cm³/mol. The van der Waals surface area contributed by atoms with Crippen molar-refractivity contribution in [2.24, 2.45) is 0 Å². The van der Waals surface area contributed by atoms with Crippen molar-refractivity contribution in [3.63, 3.8) is 0 Å². The van der Waals surface area contributed by atoms with E-state index in [0.717, 1.165) is 12.8 Å². The van der Waals surface area contributed by atoms with Gasteiger partial charge in [0.1, 0.15) is 0 Å². The fourth-order valence-corrected chi connectivity index (χ4v) is 5.65. The van der Waals surface area contributed by atoms with Gasteiger partial charge in [-0.05, 0) is 35.4 Å². The average molecular weight is 637 g/mol. The standard InChI is InChI=1S/C23H29.C8H8.C5H5.2ClH.Zr/c1-14-9-16-11-17-10-15(2)21(23(6,7)8)13-19(17)18(16)12-20(14)22(3,4)5;1-2-8-6-4-3-5-7-8;1-2-4-5-3-1;;;/h9,12-13H,11H2,1-8H3;1,3-7H,2H2;1-5H;2*1H;/q-1;;-1;;;+2/p-2. The molecule has 1 aliphatic rings. The van der Waals surface area contributed by atoms with E-state index in [0.29, 0.717) is 0 Å². The molecule has 5 rings (SSSR count). The molecule has 1 aliphatic carbocycles. The van der Waals surface area contributed by atoms with Crippen LogP contribution in [0.4, 0.5) is 0 Å². The molecule has 206 valence electrons. The Morgan fingerprint density at radius 1 is 0.795 bits per heavy atom. The maximum atomic E-state index is 3.69. The zero-order chi connectivity index (χ0) is 27.2. The van der Waals surface area contributed by atoms with Crippen LogP contribution in [0.1, 0.15) is 80.5 Å². The molecule has 0 amide bonds. The van der Waals surface area contributed by atoms with Crippen molar-refractivity contribution in [2.75, 3.05) is 0 Å². The summed E-state index contributed by atoms with van der Waals surface area (Å²) < 4.78 is 2.25. The predicted octanol–water partition coefficient (Wildman–Crippen LogP) is 3.26. The van der Waals surface area contributed by atoms with Gasteiger partial charge in [0.2, 0.25) is 0 Å². The van der Waals surface area contributed by atoms with Crippen LogP contribution < -0.4 is 24.8 Å². The van der Waals surface area contributed by atoms with Gasteiger partial charge in [0.15, 0.2) is 0 Å². The molecule has 4 aromatic rings. The monoisotopic (exact) mass is 634 g/mol. The summed E-state index contributed by atoms with van der Waals surface area (Å²) in [5.41, 5.74) is 13.0. The second-order valence-electron chi connectivity index (χ2n) is 12.1. The van der Waals surface area contributed by atoms with Gasteiger partial charge < -0.3 is 24.8 Å². The minimum absolute atomic E-state index is 0. The molecule has 0 aromatic heterocycles. The van der Waals surface area contributed by atoms with Crippen LogP contribution in [-0.4, -0.2) is 3.71 Å². The van der Waals surface area contributed by atoms with Gasteiger partial charge in [-0.15, -0.1) is 16.7 Å². The first-order valence-corrected chi connectivity index (χ1v) is 14.7. The first kappa shape index (κ1) is 35.4. The summed E-state index contributed by atoms with van der Waals surface area (Å²) in [4.78, 5) is 0. The Labute approximate surface area is 265 Å². The zero-order valence-corrected chi connectivity index (χ0v) is 28.7. The molecule has 0 atom stereocenters. The number of aryl methyl sites for hydroxylation is 2. The molecule has 0 fully saturated rings. The van der Waals surface area contributed by atoms with E-state index < -0.39 is 0 Å². The number of hydrogen-bond acceptors (Lipinski definition) is 0. The summed E-state index contributed by atoms with van der Waals surface area (Å²) >= 11 is 1.51. The molecule has 0 unspecified atom stereocenters. The zero-order valence-electron chi connectivity index (χ0n) is 24.8. The molecule has 0 aliphatic heterocycles. The molecule has 0 spiro atoms. The Bertz CT molecular complexity index is 1220. The van der Waals surface area contributed by atoms with Gasteiger partial charge >= 0.3 is 70.3 Å². The van der Waals surface area contributed by atoms with Crippen molar-refractivity contribution >= 4 is 3.71 Å². The Morgan fingerprint density at radius 2 is 1.36 bits per heavy atom. The van der Waals surface area contributed by atoms with Crippen LogP contribution >= 0.6 is 0 Å². The molecular weight excluding hydrogens is 595 g/mol. The molecule has 0 N–H and O–H groups in total. The maximum absolute atomic E-state index is 3.69. The van der Waals surface area contributed by atoms with Crippen molar-refractivity contribution in [1.82, 2.24) is 0 Å². The van der Waals surface area contributed by atoms with Crippen LogP contribution in [0.5, 0.6) is 0 Å². The van der Waals surface area contributed by atoms with Gasteiger partial charge in [0.25, 0.3) is 0 Å². The van der Waals surface area contributed by atoms with Gasteiger partial charge in [-0.25, -0.2) is 12.1 Å². The summed E-state index contributed by atoms with van der Waals surface area (Å²) in [6.45, 7) is 18.2. The van der Waals surface area contributed by atoms with Gasteiger partial charge in [-0.2, -0.15) is 35.9 Å². The molecule has 0 bridgehead atoms. The second kappa shape index (κ2) is 15.4. The van der Waals surface area contributed by atoms with Crippen LogP contribution in [0, 0.1) is 19.9 Å². The van der Waals surface area contributed by atoms with E-state index in [4.69, 9.17) is 0 Å². The van der Waals surface area contributed by atoms with Crippen LogP contribution in [0.15, 0.2) is 78.9 Å². The third-order valence-electron chi connectivity index (χ3n) is 6.82. The molecule has 3 heteroatoms. The van der Waals surface area contributed by atoms with E-state index in [9.17, 15) is 0 Å². The molecule has 0 saturated heterocycles. The van der Waals surface area contributed by atoms with E-state index in [2.05, 4.69) is 108 Å². The summed E-state index contributed by atoms with van der Waals surface area (Å²) in [6, 6.07) is 31.5. The summed E-state index contributed by atoms with van der Waals surface area (Å²) in [5, 5.41) is 0. The van der Waals surface area contributed by atoms with Crippen LogP contribution in [-0.2, 0) is 47.9 Å². The van der Waals surface area contributed by atoms with Crippen molar-refractivity contribution < 1.29 is 49.0 Å². The molecule has 39 heavy (non-hydrogen) atoms. The SMILES string of the molecule is Cc1[c-]c2c(cc1C(C)(C)C)-c1cc(C(C)(C)C)c(C)cc1C2.[Cl-].[Cl-].[Zr+2]=[CH]Cc1ccccc1.c1cc[cH-]c1. The van der Waals surface area contributed by atoms with E-state index in [1.54, 1.807) is 0 Å². The van der Waals surface area contributed by atoms with Crippen molar-refractivity contribution in [3.8, 4) is 11.1 Å². The molecule has 0 nitrogen and oxygen atoms in total. The maximum Gasteiger partial charge on any atom is -0.172 e. The Kier molecular flexibility index (Phi) is 13.9. The molecular formula is C36H42Cl2Zr-2. The Morgan fingerprint density at radius 3 is 1.85 bits per heavy atom. The number of fused-ring (bicyclic) bond motifs is 3. The Hall–Kier alpha value is -1.66. The van der Waals surface area contributed by atoms with Crippen molar-refractivity contribution in [3.05, 3.63) is 124 Å². The third kappa shape index (κ3) is 9.74. The normalized spacial score (nSPS) is 11.3. The van der Waals surface area contributed by atoms with Crippen LogP contribution in [0.3, 0.4) is 0 Å². The van der Waals surface area contributed by atoms with Crippen LogP contribution in [0.25, 0.3) is 11.1 Å². The summed E-state index contributed by atoms with van der Waals surface area (Å²) in [6.07, 6.45) is 2.15. The molecule has 4 aromatic carbocycles. The second-order valence-corrected chi connectivity index (χ2v) is 13.1. The van der Waals surface area contributed by atoms with Gasteiger partial charge in [0, 0.05) is 0 Å². The molecule has 0 heterocycles. The van der Waals surface area contributed by atoms with E-state index in [1.807, 2.05) is 36.4 Å². The van der Waals surface area contributed by atoms with Crippen molar-refractivity contribution in [2.45, 2.75) is 79.1 Å². The summed E-state index contributed by atoms with van der Waals surface area (Å²) in [5.74, 6) is 0. The fraction of sp³-hybridized carbons (Fsp3) is 0.333. The number of rotatable bonds is 2. The first-order chi connectivity index (χ1) is 17.4. The number of halogens is 2. The van der Waals surface area contributed by atoms with E-state index in [1.165, 1.54) is 74.3 Å².